The lowest BCUT2D eigenvalue weighted by atomic mass is 9.92. The van der Waals surface area contributed by atoms with Crippen molar-refractivity contribution in [2.75, 3.05) is 6.54 Å². The van der Waals surface area contributed by atoms with Gasteiger partial charge in [-0.2, -0.15) is 0 Å². The second-order valence-corrected chi connectivity index (χ2v) is 5.67. The normalized spacial score (nSPS) is 37.2. The molecule has 17 heavy (non-hydrogen) atoms. The molecule has 1 fully saturated rings. The molecule has 1 heterocycles. The average Bonchev–Trinajstić information content (AvgIpc) is 2.82. The zero-order valence-electron chi connectivity index (χ0n) is 9.97. The van der Waals surface area contributed by atoms with Crippen molar-refractivity contribution in [3.8, 4) is 0 Å². The molecule has 4 atom stereocenters. The Morgan fingerprint density at radius 3 is 3.12 bits per heavy atom. The molecule has 1 aliphatic heterocycles. The van der Waals surface area contributed by atoms with Crippen LogP contribution >= 0.6 is 0 Å². The highest BCUT2D eigenvalue weighted by molar-refractivity contribution is 5.57. The van der Waals surface area contributed by atoms with E-state index in [2.05, 4.69) is 34.6 Å². The second kappa shape index (κ2) is 3.59. The molecule has 88 valence electrons. The first-order chi connectivity index (χ1) is 8.43. The minimum atomic E-state index is 0.540. The number of hydrogen-bond donors (Lipinski definition) is 1. The van der Waals surface area contributed by atoms with Crippen LogP contribution in [0.2, 0.25) is 0 Å². The summed E-state index contributed by atoms with van der Waals surface area (Å²) in [5.41, 5.74) is 3.24. The van der Waals surface area contributed by atoms with Gasteiger partial charge in [0.25, 0.3) is 0 Å². The van der Waals surface area contributed by atoms with Crippen molar-refractivity contribution < 1.29 is 0 Å². The van der Waals surface area contributed by atoms with Crippen LogP contribution in [0.4, 0.5) is 0 Å². The Balaban J connectivity index is 1.54. The maximum atomic E-state index is 4.49. The summed E-state index contributed by atoms with van der Waals surface area (Å²) in [7, 11) is 0. The number of fused-ring (bicyclic) bond motifs is 3. The minimum absolute atomic E-state index is 0.540. The first kappa shape index (κ1) is 9.69. The summed E-state index contributed by atoms with van der Waals surface area (Å²) >= 11 is 0. The molecular weight excluding hydrogens is 208 g/mol. The second-order valence-electron chi connectivity index (χ2n) is 5.67. The number of nitrogens with zero attached hydrogens (tertiary/aromatic N) is 1. The number of aryl methyl sites for hydroxylation is 1. The number of nitrogens with one attached hydrogen (secondary N) is 1. The van der Waals surface area contributed by atoms with Gasteiger partial charge in [-0.3, -0.25) is 4.99 Å². The van der Waals surface area contributed by atoms with Gasteiger partial charge in [0.1, 0.15) is 0 Å². The number of hydrogen-bond acceptors (Lipinski definition) is 2. The molecule has 0 bridgehead atoms. The van der Waals surface area contributed by atoms with Crippen LogP contribution in [0.25, 0.3) is 0 Å². The van der Waals surface area contributed by atoms with E-state index < -0.39 is 0 Å². The molecule has 1 saturated carbocycles. The fourth-order valence-corrected chi connectivity index (χ4v) is 3.89. The SMILES string of the molecule is C1=N[C@H](CC2[C@H]3c4ccccc4CC[C@@H]23)CN1. The van der Waals surface area contributed by atoms with Gasteiger partial charge in [-0.25, -0.2) is 0 Å². The quantitative estimate of drug-likeness (QED) is 0.822. The Bertz CT molecular complexity index is 466. The molecule has 1 unspecified atom stereocenters. The number of benzene rings is 1. The standard InChI is InChI=1S/C15H18N2/c1-2-4-12-10(3-1)5-6-13-14(15(12)13)7-11-8-16-9-17-11/h1-4,9,11,13-15H,5-8H2,(H,16,17)/t11-,13+,14?,15+/m1/s1. The van der Waals surface area contributed by atoms with Crippen LogP contribution in [0, 0.1) is 11.8 Å². The largest absolute Gasteiger partial charge is 0.374 e. The topological polar surface area (TPSA) is 24.4 Å². The third-order valence-electron chi connectivity index (χ3n) is 4.77. The van der Waals surface area contributed by atoms with E-state index in [4.69, 9.17) is 0 Å². The molecule has 0 aromatic heterocycles. The Hall–Kier alpha value is -1.31. The predicted octanol–water partition coefficient (Wildman–Crippen LogP) is 2.35. The Morgan fingerprint density at radius 2 is 2.24 bits per heavy atom. The summed E-state index contributed by atoms with van der Waals surface area (Å²) in [6.07, 6.45) is 5.86. The van der Waals surface area contributed by atoms with Gasteiger partial charge in [0, 0.05) is 6.54 Å². The summed E-state index contributed by atoms with van der Waals surface area (Å²) in [5.74, 6) is 2.72. The zero-order valence-corrected chi connectivity index (χ0v) is 9.97. The summed E-state index contributed by atoms with van der Waals surface area (Å²) in [4.78, 5) is 4.49. The molecule has 0 saturated heterocycles. The van der Waals surface area contributed by atoms with E-state index in [1.807, 2.05) is 6.34 Å². The van der Waals surface area contributed by atoms with Gasteiger partial charge < -0.3 is 5.32 Å². The molecular formula is C15H18N2. The molecule has 0 radical (unpaired) electrons. The minimum Gasteiger partial charge on any atom is -0.374 e. The van der Waals surface area contributed by atoms with E-state index in [0.717, 1.165) is 24.3 Å². The maximum Gasteiger partial charge on any atom is 0.0828 e. The van der Waals surface area contributed by atoms with Crippen LogP contribution in [0.3, 0.4) is 0 Å². The van der Waals surface area contributed by atoms with Gasteiger partial charge in [-0.05, 0) is 48.1 Å². The lowest BCUT2D eigenvalue weighted by Gasteiger charge is -2.13. The smallest absolute Gasteiger partial charge is 0.0828 e. The number of rotatable bonds is 2. The molecule has 3 aliphatic rings. The van der Waals surface area contributed by atoms with Crippen LogP contribution < -0.4 is 5.32 Å². The summed E-state index contributed by atoms with van der Waals surface area (Å²) in [6.45, 7) is 1.05. The van der Waals surface area contributed by atoms with Crippen molar-refractivity contribution in [2.24, 2.45) is 16.8 Å². The third kappa shape index (κ3) is 1.50. The number of aliphatic imine (C=N–C) groups is 1. The summed E-state index contributed by atoms with van der Waals surface area (Å²) in [5, 5.41) is 3.21. The van der Waals surface area contributed by atoms with Crippen molar-refractivity contribution in [1.29, 1.82) is 0 Å². The average molecular weight is 226 g/mol. The molecule has 1 aromatic rings. The van der Waals surface area contributed by atoms with E-state index in [1.165, 1.54) is 19.3 Å². The van der Waals surface area contributed by atoms with Gasteiger partial charge in [0.05, 0.1) is 12.4 Å². The highest BCUT2D eigenvalue weighted by atomic mass is 15.0. The zero-order chi connectivity index (χ0) is 11.2. The van der Waals surface area contributed by atoms with Crippen LogP contribution in [0.1, 0.15) is 29.9 Å². The van der Waals surface area contributed by atoms with Gasteiger partial charge in [-0.15, -0.1) is 0 Å². The van der Waals surface area contributed by atoms with Crippen LogP contribution in [0.15, 0.2) is 29.3 Å². The maximum absolute atomic E-state index is 4.49. The van der Waals surface area contributed by atoms with E-state index in [0.29, 0.717) is 6.04 Å². The molecule has 1 N–H and O–H groups in total. The lowest BCUT2D eigenvalue weighted by molar-refractivity contribution is 0.541. The van der Waals surface area contributed by atoms with E-state index >= 15 is 0 Å². The van der Waals surface area contributed by atoms with E-state index in [-0.39, 0.29) is 0 Å². The van der Waals surface area contributed by atoms with Gasteiger partial charge in [-0.1, -0.05) is 24.3 Å². The van der Waals surface area contributed by atoms with Crippen LogP contribution in [-0.2, 0) is 6.42 Å². The van der Waals surface area contributed by atoms with Crippen LogP contribution in [0.5, 0.6) is 0 Å². The fraction of sp³-hybridized carbons (Fsp3) is 0.533. The van der Waals surface area contributed by atoms with Crippen molar-refractivity contribution in [2.45, 2.75) is 31.2 Å². The third-order valence-corrected chi connectivity index (χ3v) is 4.77. The molecule has 4 rings (SSSR count). The molecule has 2 nitrogen and oxygen atoms in total. The Morgan fingerprint density at radius 1 is 1.29 bits per heavy atom. The molecule has 0 spiro atoms. The first-order valence-corrected chi connectivity index (χ1v) is 6.76. The summed E-state index contributed by atoms with van der Waals surface area (Å²) in [6, 6.07) is 9.59. The molecule has 2 aliphatic carbocycles. The molecule has 0 amide bonds. The molecule has 1 aromatic carbocycles. The Kier molecular flexibility index (Phi) is 2.05. The van der Waals surface area contributed by atoms with Gasteiger partial charge in [0.15, 0.2) is 0 Å². The Labute approximate surface area is 102 Å². The van der Waals surface area contributed by atoms with Gasteiger partial charge >= 0.3 is 0 Å². The predicted molar refractivity (Wildman–Crippen MR) is 69.4 cm³/mol. The highest BCUT2D eigenvalue weighted by Crippen LogP contribution is 2.61. The van der Waals surface area contributed by atoms with Crippen molar-refractivity contribution in [3.63, 3.8) is 0 Å². The van der Waals surface area contributed by atoms with Crippen LogP contribution in [-0.4, -0.2) is 18.9 Å². The summed E-state index contributed by atoms with van der Waals surface area (Å²) < 4.78 is 0. The highest BCUT2D eigenvalue weighted by Gasteiger charge is 2.53. The monoisotopic (exact) mass is 226 g/mol. The fourth-order valence-electron chi connectivity index (χ4n) is 3.89. The van der Waals surface area contributed by atoms with E-state index in [9.17, 15) is 0 Å². The first-order valence-electron chi connectivity index (χ1n) is 6.76. The lowest BCUT2D eigenvalue weighted by Crippen LogP contribution is -2.16. The van der Waals surface area contributed by atoms with Crippen molar-refractivity contribution >= 4 is 6.34 Å². The van der Waals surface area contributed by atoms with Crippen molar-refractivity contribution in [3.05, 3.63) is 35.4 Å². The van der Waals surface area contributed by atoms with E-state index in [1.54, 1.807) is 11.1 Å². The van der Waals surface area contributed by atoms with Crippen molar-refractivity contribution in [1.82, 2.24) is 5.32 Å². The molecule has 2 heteroatoms. The van der Waals surface area contributed by atoms with Gasteiger partial charge in [0.2, 0.25) is 0 Å².